The first kappa shape index (κ1) is 20.9. The number of sulfone groups is 1. The Kier molecular flexibility index (Phi) is 5.95. The molecule has 3 rings (SSSR count). The van der Waals surface area contributed by atoms with E-state index in [2.05, 4.69) is 0 Å². The van der Waals surface area contributed by atoms with Gasteiger partial charge in [-0.25, -0.2) is 18.0 Å². The zero-order valence-electron chi connectivity index (χ0n) is 15.6. The largest absolute Gasteiger partial charge is 0.460 e. The highest BCUT2D eigenvalue weighted by Crippen LogP contribution is 2.28. The Morgan fingerprint density at radius 1 is 1.07 bits per heavy atom. The lowest BCUT2D eigenvalue weighted by atomic mass is 10.1. The first-order valence-electron chi connectivity index (χ1n) is 8.56. The van der Waals surface area contributed by atoms with Crippen LogP contribution in [0.4, 0.5) is 0 Å². The molecular formula is C20H17ClO7S. The molecule has 0 atom stereocenters. The molecule has 0 amide bonds. The minimum atomic E-state index is -3.62. The molecule has 1 aromatic heterocycles. The van der Waals surface area contributed by atoms with Crippen LogP contribution in [0.15, 0.2) is 51.8 Å². The van der Waals surface area contributed by atoms with Crippen LogP contribution in [0.1, 0.15) is 33.4 Å². The van der Waals surface area contributed by atoms with Gasteiger partial charge in [0.2, 0.25) is 5.76 Å². The molecule has 0 saturated carbocycles. The molecule has 0 bridgehead atoms. The highest BCUT2D eigenvalue weighted by Gasteiger charge is 2.23. The molecule has 0 aliphatic heterocycles. The van der Waals surface area contributed by atoms with E-state index in [1.54, 1.807) is 31.2 Å². The van der Waals surface area contributed by atoms with Crippen molar-refractivity contribution < 1.29 is 31.9 Å². The summed E-state index contributed by atoms with van der Waals surface area (Å²) in [7, 11) is -3.62. The third kappa shape index (κ3) is 4.44. The van der Waals surface area contributed by atoms with E-state index in [4.69, 9.17) is 25.5 Å². The smallest absolute Gasteiger partial charge is 0.374 e. The molecule has 0 spiro atoms. The van der Waals surface area contributed by atoms with Gasteiger partial charge in [-0.15, -0.1) is 0 Å². The van der Waals surface area contributed by atoms with Gasteiger partial charge >= 0.3 is 11.9 Å². The van der Waals surface area contributed by atoms with Crippen LogP contribution in [0.2, 0.25) is 5.02 Å². The predicted molar refractivity (Wildman–Crippen MR) is 106 cm³/mol. The van der Waals surface area contributed by atoms with Crippen molar-refractivity contribution in [1.29, 1.82) is 0 Å². The van der Waals surface area contributed by atoms with Crippen molar-refractivity contribution in [1.82, 2.24) is 0 Å². The van der Waals surface area contributed by atoms with Gasteiger partial charge in [0.1, 0.15) is 12.2 Å². The van der Waals surface area contributed by atoms with Crippen molar-refractivity contribution in [3.8, 4) is 0 Å². The van der Waals surface area contributed by atoms with Crippen molar-refractivity contribution >= 4 is 44.3 Å². The van der Waals surface area contributed by atoms with Crippen molar-refractivity contribution in [2.75, 3.05) is 12.9 Å². The standard InChI is InChI=1S/C20H17ClO7S/c1-3-26-20(23)18-14(13-6-4-5-7-16(13)28-18)11-27-19(22)12-8-9-15(21)17(10-12)29(2,24)25/h4-10H,3,11H2,1-2H3. The predicted octanol–water partition coefficient (Wildman–Crippen LogP) is 4.02. The second kappa shape index (κ2) is 8.26. The van der Waals surface area contributed by atoms with Gasteiger partial charge in [0.25, 0.3) is 0 Å². The number of halogens is 1. The average molecular weight is 437 g/mol. The van der Waals surface area contributed by atoms with Crippen molar-refractivity contribution in [3.63, 3.8) is 0 Å². The van der Waals surface area contributed by atoms with E-state index >= 15 is 0 Å². The van der Waals surface area contributed by atoms with E-state index in [0.29, 0.717) is 16.5 Å². The molecular weight excluding hydrogens is 420 g/mol. The highest BCUT2D eigenvalue weighted by molar-refractivity contribution is 7.90. The van der Waals surface area contributed by atoms with E-state index in [0.717, 1.165) is 12.3 Å². The van der Waals surface area contributed by atoms with Crippen molar-refractivity contribution in [3.05, 3.63) is 64.4 Å². The Labute approximate surface area is 172 Å². The molecule has 0 saturated heterocycles. The Morgan fingerprint density at radius 3 is 2.48 bits per heavy atom. The van der Waals surface area contributed by atoms with Crippen molar-refractivity contribution in [2.24, 2.45) is 0 Å². The minimum Gasteiger partial charge on any atom is -0.460 e. The van der Waals surface area contributed by atoms with Gasteiger partial charge in [-0.1, -0.05) is 29.8 Å². The lowest BCUT2D eigenvalue weighted by molar-refractivity contribution is 0.0435. The van der Waals surface area contributed by atoms with E-state index in [-0.39, 0.29) is 34.5 Å². The van der Waals surface area contributed by atoms with E-state index in [1.807, 2.05) is 0 Å². The number of ether oxygens (including phenoxy) is 2. The molecule has 0 N–H and O–H groups in total. The molecule has 1 heterocycles. The topological polar surface area (TPSA) is 99.9 Å². The fourth-order valence-electron chi connectivity index (χ4n) is 2.74. The molecule has 29 heavy (non-hydrogen) atoms. The van der Waals surface area contributed by atoms with Crippen LogP contribution in [-0.4, -0.2) is 33.2 Å². The first-order valence-corrected chi connectivity index (χ1v) is 10.8. The SMILES string of the molecule is CCOC(=O)c1oc2ccccc2c1COC(=O)c1ccc(Cl)c(S(C)(=O)=O)c1. The number of rotatable bonds is 6. The second-order valence-corrected chi connectivity index (χ2v) is 8.51. The molecule has 9 heteroatoms. The molecule has 0 unspecified atom stereocenters. The maximum atomic E-state index is 12.5. The van der Waals surface area contributed by atoms with Gasteiger partial charge in [0.15, 0.2) is 9.84 Å². The molecule has 0 fully saturated rings. The maximum absolute atomic E-state index is 12.5. The van der Waals surface area contributed by atoms with Gasteiger partial charge in [-0.2, -0.15) is 0 Å². The highest BCUT2D eigenvalue weighted by atomic mass is 35.5. The first-order chi connectivity index (χ1) is 13.7. The summed E-state index contributed by atoms with van der Waals surface area (Å²) < 4.78 is 39.5. The summed E-state index contributed by atoms with van der Waals surface area (Å²) in [6.45, 7) is 1.56. The van der Waals surface area contributed by atoms with Crippen LogP contribution in [0.3, 0.4) is 0 Å². The lowest BCUT2D eigenvalue weighted by Crippen LogP contribution is -2.10. The third-order valence-electron chi connectivity index (χ3n) is 4.07. The molecule has 7 nitrogen and oxygen atoms in total. The number of benzene rings is 2. The Bertz CT molecular complexity index is 1190. The van der Waals surface area contributed by atoms with Crippen LogP contribution < -0.4 is 0 Å². The van der Waals surface area contributed by atoms with Crippen LogP contribution in [0.5, 0.6) is 0 Å². The van der Waals surface area contributed by atoms with Gasteiger partial charge in [0.05, 0.1) is 27.7 Å². The van der Waals surface area contributed by atoms with Gasteiger partial charge < -0.3 is 13.9 Å². The monoisotopic (exact) mass is 436 g/mol. The van der Waals surface area contributed by atoms with E-state index in [1.165, 1.54) is 12.1 Å². The van der Waals surface area contributed by atoms with Crippen LogP contribution in [0, 0.1) is 0 Å². The quantitative estimate of drug-likeness (QED) is 0.538. The Hall–Kier alpha value is -2.84. The number of carbonyl (C=O) groups excluding carboxylic acids is 2. The molecule has 0 aliphatic rings. The Balaban J connectivity index is 1.90. The third-order valence-corrected chi connectivity index (χ3v) is 5.65. The minimum absolute atomic E-state index is 0.00877. The number of furan rings is 1. The number of esters is 2. The maximum Gasteiger partial charge on any atom is 0.374 e. The second-order valence-electron chi connectivity index (χ2n) is 6.12. The number of hydrogen-bond donors (Lipinski definition) is 0. The number of carbonyl (C=O) groups is 2. The molecule has 152 valence electrons. The summed E-state index contributed by atoms with van der Waals surface area (Å²) in [6.07, 6.45) is 0.993. The Morgan fingerprint density at radius 2 is 1.79 bits per heavy atom. The van der Waals surface area contributed by atoms with Gasteiger partial charge in [-0.05, 0) is 31.2 Å². The van der Waals surface area contributed by atoms with Crippen LogP contribution >= 0.6 is 11.6 Å². The van der Waals surface area contributed by atoms with Crippen LogP contribution in [-0.2, 0) is 25.9 Å². The molecule has 3 aromatic rings. The summed E-state index contributed by atoms with van der Waals surface area (Å²) in [5, 5.41) is 0.616. The summed E-state index contributed by atoms with van der Waals surface area (Å²) >= 11 is 5.90. The summed E-state index contributed by atoms with van der Waals surface area (Å²) in [6, 6.07) is 10.7. The summed E-state index contributed by atoms with van der Waals surface area (Å²) in [5.74, 6) is -1.49. The summed E-state index contributed by atoms with van der Waals surface area (Å²) in [4.78, 5) is 24.5. The normalized spacial score (nSPS) is 11.4. The summed E-state index contributed by atoms with van der Waals surface area (Å²) in [5.41, 5.74) is 0.831. The number of hydrogen-bond acceptors (Lipinski definition) is 7. The van der Waals surface area contributed by atoms with Crippen molar-refractivity contribution in [2.45, 2.75) is 18.4 Å². The number of fused-ring (bicyclic) bond motifs is 1. The van der Waals surface area contributed by atoms with Crippen LogP contribution in [0.25, 0.3) is 11.0 Å². The molecule has 0 radical (unpaired) electrons. The van der Waals surface area contributed by atoms with Gasteiger partial charge in [0, 0.05) is 11.6 Å². The zero-order chi connectivity index (χ0) is 21.2. The number of para-hydroxylation sites is 1. The van der Waals surface area contributed by atoms with E-state index in [9.17, 15) is 18.0 Å². The van der Waals surface area contributed by atoms with E-state index < -0.39 is 21.8 Å². The molecule has 0 aliphatic carbocycles. The zero-order valence-corrected chi connectivity index (χ0v) is 17.2. The molecule has 2 aromatic carbocycles. The lowest BCUT2D eigenvalue weighted by Gasteiger charge is -2.08. The fourth-order valence-corrected chi connectivity index (χ4v) is 4.04. The average Bonchev–Trinajstić information content (AvgIpc) is 3.04. The fraction of sp³-hybridized carbons (Fsp3) is 0.200. The van der Waals surface area contributed by atoms with Gasteiger partial charge in [-0.3, -0.25) is 0 Å².